The van der Waals surface area contributed by atoms with Gasteiger partial charge in [0.15, 0.2) is 0 Å². The molecule has 0 aliphatic carbocycles. The molecule has 3 heteroatoms. The van der Waals surface area contributed by atoms with Gasteiger partial charge in [-0.05, 0) is 146 Å². The van der Waals surface area contributed by atoms with Crippen molar-refractivity contribution in [1.82, 2.24) is 0 Å². The van der Waals surface area contributed by atoms with Gasteiger partial charge >= 0.3 is 0 Å². The molecule has 75 heavy (non-hydrogen) atoms. The van der Waals surface area contributed by atoms with Gasteiger partial charge in [-0.1, -0.05) is 218 Å². The normalized spacial score (nSPS) is 11.2. The number of rotatable bonds is 12. The molecule has 0 radical (unpaired) electrons. The first kappa shape index (κ1) is 44.9. The van der Waals surface area contributed by atoms with Gasteiger partial charge in [0.05, 0.1) is 0 Å². The molecule has 0 bridgehead atoms. The van der Waals surface area contributed by atoms with Crippen LogP contribution >= 0.6 is 0 Å². The molecule has 13 aromatic rings. The molecule has 1 heterocycles. The lowest BCUT2D eigenvalue weighted by atomic mass is 9.99. The van der Waals surface area contributed by atoms with E-state index in [0.717, 1.165) is 78.3 Å². The van der Waals surface area contributed by atoms with Crippen LogP contribution in [0.15, 0.2) is 308 Å². The average molecular weight is 959 g/mol. The zero-order valence-electron chi connectivity index (χ0n) is 41.2. The van der Waals surface area contributed by atoms with Gasteiger partial charge in [0, 0.05) is 50.5 Å². The summed E-state index contributed by atoms with van der Waals surface area (Å²) in [5.74, 6) is 0. The monoisotopic (exact) mass is 958 g/mol. The second kappa shape index (κ2) is 19.9. The molecule has 0 saturated heterocycles. The van der Waals surface area contributed by atoms with Gasteiger partial charge in [-0.25, -0.2) is 0 Å². The standard InChI is InChI=1S/C72H50N2O/c1-5-16-51(17-6-1)55-30-39-62(40-31-55)73(63-41-32-56(33-42-63)52-18-7-2-8-19-52)66-26-13-24-59(48-66)60-38-47-71-70(50-60)69-29-15-28-68(72(69)75-71)61-25-14-27-67(49-61)74(64-43-34-57(35-44-64)53-20-9-3-10-21-53)65-45-36-58(37-46-65)54-22-11-4-12-23-54/h1-50H. The van der Waals surface area contributed by atoms with E-state index >= 15 is 0 Å². The van der Waals surface area contributed by atoms with Crippen LogP contribution in [0.4, 0.5) is 34.1 Å². The highest BCUT2D eigenvalue weighted by atomic mass is 16.3. The van der Waals surface area contributed by atoms with Gasteiger partial charge in [0.25, 0.3) is 0 Å². The fraction of sp³-hybridized carbons (Fsp3) is 0. The number of nitrogens with zero attached hydrogens (tertiary/aromatic N) is 2. The molecule has 0 amide bonds. The molecule has 354 valence electrons. The Hall–Kier alpha value is -9.96. The first-order valence-corrected chi connectivity index (χ1v) is 25.6. The first-order chi connectivity index (χ1) is 37.2. The highest BCUT2D eigenvalue weighted by Gasteiger charge is 2.19. The molecular weight excluding hydrogens is 909 g/mol. The van der Waals surface area contributed by atoms with E-state index in [2.05, 4.69) is 313 Å². The van der Waals surface area contributed by atoms with Gasteiger partial charge in [-0.3, -0.25) is 0 Å². The van der Waals surface area contributed by atoms with E-state index in [0.29, 0.717) is 0 Å². The number of benzene rings is 12. The number of furan rings is 1. The van der Waals surface area contributed by atoms with Crippen LogP contribution < -0.4 is 9.80 Å². The van der Waals surface area contributed by atoms with Crippen LogP contribution in [-0.2, 0) is 0 Å². The highest BCUT2D eigenvalue weighted by Crippen LogP contribution is 2.43. The molecule has 0 saturated carbocycles. The van der Waals surface area contributed by atoms with Gasteiger partial charge in [-0.15, -0.1) is 0 Å². The summed E-state index contributed by atoms with van der Waals surface area (Å²) in [4.78, 5) is 4.69. The Morgan fingerprint density at radius 3 is 0.933 bits per heavy atom. The maximum atomic E-state index is 6.85. The van der Waals surface area contributed by atoms with Crippen molar-refractivity contribution >= 4 is 56.1 Å². The fourth-order valence-corrected chi connectivity index (χ4v) is 10.5. The Morgan fingerprint density at radius 2 is 0.520 bits per heavy atom. The lowest BCUT2D eigenvalue weighted by Crippen LogP contribution is -2.10. The number of anilines is 6. The molecule has 0 unspecified atom stereocenters. The van der Waals surface area contributed by atoms with Gasteiger partial charge < -0.3 is 14.2 Å². The highest BCUT2D eigenvalue weighted by molar-refractivity contribution is 6.11. The minimum absolute atomic E-state index is 0.853. The molecule has 0 atom stereocenters. The van der Waals surface area contributed by atoms with Gasteiger partial charge in [-0.2, -0.15) is 0 Å². The van der Waals surface area contributed by atoms with Crippen molar-refractivity contribution < 1.29 is 4.42 Å². The third-order valence-electron chi connectivity index (χ3n) is 14.3. The minimum atomic E-state index is 0.853. The molecule has 0 aliphatic rings. The molecule has 3 nitrogen and oxygen atoms in total. The van der Waals surface area contributed by atoms with E-state index in [9.17, 15) is 0 Å². The average Bonchev–Trinajstić information content (AvgIpc) is 3.89. The molecule has 1 aromatic heterocycles. The van der Waals surface area contributed by atoms with Crippen LogP contribution in [0.25, 0.3) is 88.7 Å². The Labute approximate surface area is 438 Å². The Morgan fingerprint density at radius 1 is 0.200 bits per heavy atom. The lowest BCUT2D eigenvalue weighted by Gasteiger charge is -2.26. The second-order valence-electron chi connectivity index (χ2n) is 18.9. The van der Waals surface area contributed by atoms with E-state index in [1.54, 1.807) is 0 Å². The van der Waals surface area contributed by atoms with Crippen molar-refractivity contribution in [2.24, 2.45) is 0 Å². The molecular formula is C72H50N2O. The van der Waals surface area contributed by atoms with Gasteiger partial charge in [0.2, 0.25) is 0 Å². The van der Waals surface area contributed by atoms with Crippen LogP contribution in [0.3, 0.4) is 0 Å². The summed E-state index contributed by atoms with van der Waals surface area (Å²) in [7, 11) is 0. The second-order valence-corrected chi connectivity index (χ2v) is 18.9. The Kier molecular flexibility index (Phi) is 11.9. The molecule has 0 N–H and O–H groups in total. The minimum Gasteiger partial charge on any atom is -0.455 e. The van der Waals surface area contributed by atoms with Crippen molar-refractivity contribution in [1.29, 1.82) is 0 Å². The smallest absolute Gasteiger partial charge is 0.143 e. The van der Waals surface area contributed by atoms with E-state index in [-0.39, 0.29) is 0 Å². The van der Waals surface area contributed by atoms with Crippen LogP contribution in [0, 0.1) is 0 Å². The molecule has 0 spiro atoms. The topological polar surface area (TPSA) is 19.6 Å². The van der Waals surface area contributed by atoms with Crippen LogP contribution in [0.1, 0.15) is 0 Å². The molecule has 0 fully saturated rings. The quantitative estimate of drug-likeness (QED) is 0.122. The number of hydrogen-bond acceptors (Lipinski definition) is 3. The molecule has 13 rings (SSSR count). The zero-order valence-corrected chi connectivity index (χ0v) is 41.2. The number of fused-ring (bicyclic) bond motifs is 3. The van der Waals surface area contributed by atoms with Crippen molar-refractivity contribution in [2.75, 3.05) is 9.80 Å². The molecule has 12 aromatic carbocycles. The summed E-state index contributed by atoms with van der Waals surface area (Å²) in [6.45, 7) is 0. The first-order valence-electron chi connectivity index (χ1n) is 25.6. The van der Waals surface area contributed by atoms with Crippen LogP contribution in [0.5, 0.6) is 0 Å². The Balaban J connectivity index is 0.855. The molecule has 0 aliphatic heterocycles. The predicted molar refractivity (Wildman–Crippen MR) is 316 cm³/mol. The summed E-state index contributed by atoms with van der Waals surface area (Å²) < 4.78 is 6.85. The van der Waals surface area contributed by atoms with E-state index < -0.39 is 0 Å². The van der Waals surface area contributed by atoms with Crippen molar-refractivity contribution in [3.63, 3.8) is 0 Å². The zero-order chi connectivity index (χ0) is 49.9. The summed E-state index contributed by atoms with van der Waals surface area (Å²) in [6.07, 6.45) is 0. The van der Waals surface area contributed by atoms with Crippen molar-refractivity contribution in [3.05, 3.63) is 303 Å². The maximum Gasteiger partial charge on any atom is 0.143 e. The third-order valence-corrected chi connectivity index (χ3v) is 14.3. The summed E-state index contributed by atoms with van der Waals surface area (Å²) in [5, 5.41) is 2.16. The largest absolute Gasteiger partial charge is 0.455 e. The fourth-order valence-electron chi connectivity index (χ4n) is 10.5. The summed E-state index contributed by atoms with van der Waals surface area (Å²) >= 11 is 0. The third kappa shape index (κ3) is 9.05. The van der Waals surface area contributed by atoms with Crippen molar-refractivity contribution in [3.8, 4) is 66.8 Å². The van der Waals surface area contributed by atoms with E-state index in [1.165, 1.54) is 44.5 Å². The van der Waals surface area contributed by atoms with E-state index in [4.69, 9.17) is 4.42 Å². The Bertz CT molecular complexity index is 3890. The van der Waals surface area contributed by atoms with Crippen LogP contribution in [-0.4, -0.2) is 0 Å². The van der Waals surface area contributed by atoms with Crippen LogP contribution in [0.2, 0.25) is 0 Å². The predicted octanol–water partition coefficient (Wildman–Crippen LogP) is 20.5. The SMILES string of the molecule is c1ccc(-c2ccc(N(c3ccc(-c4ccccc4)cc3)c3cccc(-c4ccc5oc6c(-c7cccc(N(c8ccc(-c9ccccc9)cc8)c8ccc(-c9ccccc9)cc8)c7)cccc6c5c4)c3)cc2)cc1. The maximum absolute atomic E-state index is 6.85. The lowest BCUT2D eigenvalue weighted by molar-refractivity contribution is 0.670. The summed E-state index contributed by atoms with van der Waals surface area (Å²) in [6, 6.07) is 108. The summed E-state index contributed by atoms with van der Waals surface area (Å²) in [5.41, 5.74) is 22.0. The number of hydrogen-bond donors (Lipinski definition) is 0. The van der Waals surface area contributed by atoms with E-state index in [1.807, 2.05) is 0 Å². The van der Waals surface area contributed by atoms with Gasteiger partial charge in [0.1, 0.15) is 11.2 Å². The van der Waals surface area contributed by atoms with Crippen molar-refractivity contribution in [2.45, 2.75) is 0 Å². The number of para-hydroxylation sites is 1.